The van der Waals surface area contributed by atoms with Crippen LogP contribution in [0.25, 0.3) is 0 Å². The first kappa shape index (κ1) is 16.5. The van der Waals surface area contributed by atoms with Gasteiger partial charge in [-0.15, -0.1) is 0 Å². The maximum absolute atomic E-state index is 12.5. The van der Waals surface area contributed by atoms with E-state index in [2.05, 4.69) is 17.6 Å². The molecule has 24 heavy (non-hydrogen) atoms. The molecule has 0 bridgehead atoms. The smallest absolute Gasteiger partial charge is 0.289 e. The summed E-state index contributed by atoms with van der Waals surface area (Å²) in [5.41, 5.74) is 3.88. The third-order valence-corrected chi connectivity index (χ3v) is 4.76. The summed E-state index contributed by atoms with van der Waals surface area (Å²) in [6.45, 7) is 2.47. The number of benzene rings is 1. The number of aryl methyl sites for hydroxylation is 2. The normalized spacial score (nSPS) is 14.6. The lowest BCUT2D eigenvalue weighted by Gasteiger charge is -2.15. The van der Waals surface area contributed by atoms with E-state index >= 15 is 0 Å². The van der Waals surface area contributed by atoms with E-state index in [1.807, 2.05) is 42.0 Å². The van der Waals surface area contributed by atoms with Crippen LogP contribution >= 0.6 is 0 Å². The SMILES string of the molecule is COc1ccc(CNC(=O)[C@@H](C)[n+]2ccc3c(c2)CCCC3)cc1. The predicted octanol–water partition coefficient (Wildman–Crippen LogP) is 2.74. The molecule has 4 nitrogen and oxygen atoms in total. The molecule has 1 aromatic heterocycles. The van der Waals surface area contributed by atoms with Crippen LogP contribution in [0.5, 0.6) is 5.75 Å². The van der Waals surface area contributed by atoms with Crippen molar-refractivity contribution in [2.24, 2.45) is 0 Å². The Bertz CT molecular complexity index is 710. The minimum absolute atomic E-state index is 0.0339. The van der Waals surface area contributed by atoms with Gasteiger partial charge in [0.15, 0.2) is 12.4 Å². The quantitative estimate of drug-likeness (QED) is 0.859. The van der Waals surface area contributed by atoms with Gasteiger partial charge in [0.1, 0.15) is 5.75 Å². The van der Waals surface area contributed by atoms with Gasteiger partial charge in [-0.2, -0.15) is 4.57 Å². The lowest BCUT2D eigenvalue weighted by Crippen LogP contribution is -2.46. The average molecular weight is 325 g/mol. The molecular weight excluding hydrogens is 300 g/mol. The van der Waals surface area contributed by atoms with Crippen molar-refractivity contribution >= 4 is 5.91 Å². The van der Waals surface area contributed by atoms with E-state index in [0.29, 0.717) is 6.54 Å². The molecule has 1 N–H and O–H groups in total. The van der Waals surface area contributed by atoms with Crippen LogP contribution in [0.3, 0.4) is 0 Å². The van der Waals surface area contributed by atoms with Gasteiger partial charge >= 0.3 is 0 Å². The van der Waals surface area contributed by atoms with E-state index in [1.54, 1.807) is 7.11 Å². The van der Waals surface area contributed by atoms with Gasteiger partial charge in [0, 0.05) is 25.1 Å². The second kappa shape index (κ2) is 7.47. The first-order valence-corrected chi connectivity index (χ1v) is 8.60. The second-order valence-electron chi connectivity index (χ2n) is 6.39. The summed E-state index contributed by atoms with van der Waals surface area (Å²) >= 11 is 0. The fourth-order valence-corrected chi connectivity index (χ4v) is 3.15. The van der Waals surface area contributed by atoms with Gasteiger partial charge in [-0.1, -0.05) is 12.1 Å². The van der Waals surface area contributed by atoms with Gasteiger partial charge in [0.05, 0.1) is 7.11 Å². The Labute approximate surface area is 143 Å². The molecule has 4 heteroatoms. The number of carbonyl (C=O) groups excluding carboxylic acids is 1. The van der Waals surface area contributed by atoms with Crippen molar-refractivity contribution < 1.29 is 14.1 Å². The summed E-state index contributed by atoms with van der Waals surface area (Å²) in [5, 5.41) is 3.01. The molecule has 0 saturated heterocycles. The maximum atomic E-state index is 12.5. The van der Waals surface area contributed by atoms with E-state index in [1.165, 1.54) is 24.0 Å². The number of carbonyl (C=O) groups is 1. The van der Waals surface area contributed by atoms with E-state index in [4.69, 9.17) is 4.74 Å². The fraction of sp³-hybridized carbons (Fsp3) is 0.400. The van der Waals surface area contributed by atoms with Crippen LogP contribution in [-0.2, 0) is 24.2 Å². The summed E-state index contributed by atoms with van der Waals surface area (Å²) in [7, 11) is 1.65. The average Bonchev–Trinajstić information content (AvgIpc) is 2.65. The van der Waals surface area contributed by atoms with Crippen LogP contribution in [0.1, 0.15) is 42.5 Å². The molecular formula is C20H25N2O2+. The van der Waals surface area contributed by atoms with Crippen LogP contribution in [0.15, 0.2) is 42.7 Å². The molecule has 1 amide bonds. The number of nitrogens with zero attached hydrogens (tertiary/aromatic N) is 1. The number of hydrogen-bond donors (Lipinski definition) is 1. The summed E-state index contributed by atoms with van der Waals surface area (Å²) in [4.78, 5) is 12.5. The molecule has 3 rings (SSSR count). The predicted molar refractivity (Wildman–Crippen MR) is 92.8 cm³/mol. The van der Waals surface area contributed by atoms with Crippen LogP contribution in [0.4, 0.5) is 0 Å². The van der Waals surface area contributed by atoms with Crippen LogP contribution in [-0.4, -0.2) is 13.0 Å². The van der Waals surface area contributed by atoms with Gasteiger partial charge in [0.25, 0.3) is 5.91 Å². The molecule has 1 aliphatic rings. The van der Waals surface area contributed by atoms with Gasteiger partial charge in [0.2, 0.25) is 6.04 Å². The van der Waals surface area contributed by atoms with Crippen LogP contribution in [0, 0.1) is 0 Å². The van der Waals surface area contributed by atoms with Crippen LogP contribution in [0.2, 0.25) is 0 Å². The minimum atomic E-state index is -0.213. The van der Waals surface area contributed by atoms with E-state index in [-0.39, 0.29) is 11.9 Å². The molecule has 126 valence electrons. The zero-order valence-electron chi connectivity index (χ0n) is 14.4. The standard InChI is InChI=1S/C20H24N2O2/c1-15(22-12-11-17-5-3-4-6-18(17)14-22)20(23)21-13-16-7-9-19(24-2)10-8-16/h7-12,14-15H,3-6,13H2,1-2H3/p+1/t15-/m1/s1. The molecule has 0 spiro atoms. The Hall–Kier alpha value is -2.36. The number of pyridine rings is 1. The highest BCUT2D eigenvalue weighted by Crippen LogP contribution is 2.19. The first-order valence-electron chi connectivity index (χ1n) is 8.60. The molecule has 0 radical (unpaired) electrons. The first-order chi connectivity index (χ1) is 11.7. The Kier molecular flexibility index (Phi) is 5.14. The Morgan fingerprint density at radius 3 is 2.58 bits per heavy atom. The Morgan fingerprint density at radius 2 is 1.88 bits per heavy atom. The van der Waals surface area contributed by atoms with Crippen molar-refractivity contribution in [3.8, 4) is 5.75 Å². The third-order valence-electron chi connectivity index (χ3n) is 4.76. The third kappa shape index (κ3) is 3.75. The molecule has 1 aliphatic carbocycles. The van der Waals surface area contributed by atoms with Crippen molar-refractivity contribution in [1.29, 1.82) is 0 Å². The van der Waals surface area contributed by atoms with Crippen molar-refractivity contribution in [2.45, 2.75) is 45.2 Å². The number of ether oxygens (including phenoxy) is 1. The lowest BCUT2D eigenvalue weighted by atomic mass is 9.93. The van der Waals surface area contributed by atoms with E-state index in [0.717, 1.165) is 24.2 Å². The molecule has 0 fully saturated rings. The molecule has 1 heterocycles. The Morgan fingerprint density at radius 1 is 1.17 bits per heavy atom. The van der Waals surface area contributed by atoms with E-state index in [9.17, 15) is 4.79 Å². The van der Waals surface area contributed by atoms with Gasteiger partial charge < -0.3 is 10.1 Å². The Balaban J connectivity index is 1.61. The summed E-state index contributed by atoms with van der Waals surface area (Å²) in [5.74, 6) is 0.856. The van der Waals surface area contributed by atoms with Gasteiger partial charge in [-0.25, -0.2) is 0 Å². The number of aromatic nitrogens is 1. The minimum Gasteiger partial charge on any atom is -0.497 e. The molecule has 0 saturated carbocycles. The highest BCUT2D eigenvalue weighted by molar-refractivity contribution is 5.78. The summed E-state index contributed by atoms with van der Waals surface area (Å²) in [6.07, 6.45) is 8.97. The second-order valence-corrected chi connectivity index (χ2v) is 6.39. The zero-order chi connectivity index (χ0) is 16.9. The molecule has 1 atom stereocenters. The number of fused-ring (bicyclic) bond motifs is 1. The van der Waals surface area contributed by atoms with E-state index < -0.39 is 0 Å². The molecule has 2 aromatic rings. The van der Waals surface area contributed by atoms with Gasteiger partial charge in [-0.05, 0) is 48.9 Å². The summed E-state index contributed by atoms with van der Waals surface area (Å²) < 4.78 is 7.17. The topological polar surface area (TPSA) is 42.2 Å². The zero-order valence-corrected chi connectivity index (χ0v) is 14.4. The van der Waals surface area contributed by atoms with Gasteiger partial charge in [-0.3, -0.25) is 4.79 Å². The number of hydrogen-bond acceptors (Lipinski definition) is 2. The van der Waals surface area contributed by atoms with Crippen molar-refractivity contribution in [1.82, 2.24) is 5.32 Å². The fourth-order valence-electron chi connectivity index (χ4n) is 3.15. The molecule has 0 aliphatic heterocycles. The van der Waals surface area contributed by atoms with Crippen molar-refractivity contribution in [2.75, 3.05) is 7.11 Å². The van der Waals surface area contributed by atoms with Crippen LogP contribution < -0.4 is 14.6 Å². The molecule has 0 unspecified atom stereocenters. The monoisotopic (exact) mass is 325 g/mol. The van der Waals surface area contributed by atoms with Crippen molar-refractivity contribution in [3.63, 3.8) is 0 Å². The highest BCUT2D eigenvalue weighted by Gasteiger charge is 2.23. The number of methoxy groups -OCH3 is 1. The molecule has 1 aromatic carbocycles. The number of rotatable bonds is 5. The largest absolute Gasteiger partial charge is 0.497 e. The highest BCUT2D eigenvalue weighted by atomic mass is 16.5. The maximum Gasteiger partial charge on any atom is 0.289 e. The number of nitrogens with one attached hydrogen (secondary N) is 1. The number of amides is 1. The van der Waals surface area contributed by atoms with Crippen molar-refractivity contribution in [3.05, 3.63) is 59.4 Å². The summed E-state index contributed by atoms with van der Waals surface area (Å²) in [6, 6.07) is 9.70. The lowest BCUT2D eigenvalue weighted by molar-refractivity contribution is -0.706.